The van der Waals surface area contributed by atoms with E-state index < -0.39 is 0 Å². The van der Waals surface area contributed by atoms with Gasteiger partial charge in [-0.2, -0.15) is 0 Å². The second kappa shape index (κ2) is 6.44. The first kappa shape index (κ1) is 18.6. The molecule has 2 aromatic rings. The molecular formula is C22H23Cl2NO4. The molecule has 6 rings (SSSR count). The van der Waals surface area contributed by atoms with E-state index in [1.54, 1.807) is 0 Å². The molecule has 0 N–H and O–H groups in total. The van der Waals surface area contributed by atoms with E-state index in [4.69, 9.17) is 41.9 Å². The van der Waals surface area contributed by atoms with Gasteiger partial charge in [-0.3, -0.25) is 0 Å². The van der Waals surface area contributed by atoms with Gasteiger partial charge in [0.2, 0.25) is 0 Å². The third kappa shape index (κ3) is 2.55. The fourth-order valence-corrected chi connectivity index (χ4v) is 6.81. The third-order valence-corrected chi connectivity index (χ3v) is 8.17. The van der Waals surface area contributed by atoms with Crippen LogP contribution >= 0.6 is 23.2 Å². The number of halogens is 2. The lowest BCUT2D eigenvalue weighted by Crippen LogP contribution is -2.51. The van der Waals surface area contributed by atoms with E-state index in [2.05, 4.69) is 5.16 Å². The van der Waals surface area contributed by atoms with Crippen LogP contribution in [0.4, 0.5) is 0 Å². The van der Waals surface area contributed by atoms with Crippen LogP contribution in [-0.4, -0.2) is 30.3 Å². The van der Waals surface area contributed by atoms with E-state index in [0.29, 0.717) is 33.8 Å². The zero-order valence-electron chi connectivity index (χ0n) is 16.2. The predicted molar refractivity (Wildman–Crippen MR) is 108 cm³/mol. The Balaban J connectivity index is 1.23. The van der Waals surface area contributed by atoms with Gasteiger partial charge in [0, 0.05) is 22.5 Å². The van der Waals surface area contributed by atoms with Crippen molar-refractivity contribution in [2.75, 3.05) is 13.2 Å². The number of hydrogen-bond acceptors (Lipinski definition) is 5. The molecule has 2 heterocycles. The topological polar surface area (TPSA) is 53.7 Å². The Morgan fingerprint density at radius 2 is 1.86 bits per heavy atom. The largest absolute Gasteiger partial charge is 0.373 e. The molecule has 0 radical (unpaired) electrons. The number of rotatable bonds is 4. The standard InChI is InChI=1S/C22H23Cl2NO4/c1-12-16(20(25-29-12)19-17(23)3-2-4-18(19)24)11-26-15-8-13-7-14-9-21(14,10-15)22(13)27-5-6-28-22/h2-4,13-15H,5-11H2,1H3/t13-,14?,15-,21?/m1/s1. The molecule has 1 saturated heterocycles. The first-order chi connectivity index (χ1) is 14.0. The molecule has 1 aromatic heterocycles. The lowest BCUT2D eigenvalue weighted by atomic mass is 9.75. The van der Waals surface area contributed by atoms with Crippen LogP contribution in [0.5, 0.6) is 0 Å². The Morgan fingerprint density at radius 1 is 1.10 bits per heavy atom. The minimum absolute atomic E-state index is 0.162. The normalized spacial score (nSPS) is 34.0. The van der Waals surface area contributed by atoms with Crippen molar-refractivity contribution in [2.45, 2.75) is 51.1 Å². The molecule has 29 heavy (non-hydrogen) atoms. The Kier molecular flexibility index (Phi) is 4.14. The van der Waals surface area contributed by atoms with Crippen molar-refractivity contribution in [3.63, 3.8) is 0 Å². The molecule has 4 aliphatic rings. The molecule has 3 aliphatic carbocycles. The van der Waals surface area contributed by atoms with Crippen molar-refractivity contribution in [1.82, 2.24) is 5.16 Å². The summed E-state index contributed by atoms with van der Waals surface area (Å²) in [6.45, 7) is 3.77. The zero-order chi connectivity index (χ0) is 19.8. The minimum atomic E-state index is -0.332. The third-order valence-electron chi connectivity index (χ3n) is 7.54. The van der Waals surface area contributed by atoms with E-state index in [1.165, 1.54) is 12.8 Å². The van der Waals surface area contributed by atoms with Gasteiger partial charge in [0.25, 0.3) is 0 Å². The van der Waals surface area contributed by atoms with Crippen LogP contribution in [0.15, 0.2) is 22.7 Å². The second-order valence-electron chi connectivity index (χ2n) is 8.89. The summed E-state index contributed by atoms with van der Waals surface area (Å²) in [5.41, 5.74) is 2.43. The molecule has 2 spiro atoms. The van der Waals surface area contributed by atoms with Crippen molar-refractivity contribution in [1.29, 1.82) is 0 Å². The van der Waals surface area contributed by atoms with Crippen molar-refractivity contribution in [2.24, 2.45) is 17.3 Å². The fourth-order valence-electron chi connectivity index (χ4n) is 6.23. The lowest BCUT2D eigenvalue weighted by Gasteiger charge is -2.45. The summed E-state index contributed by atoms with van der Waals surface area (Å²) in [4.78, 5) is 0. The Hall–Kier alpha value is -1.11. The van der Waals surface area contributed by atoms with E-state index in [1.807, 2.05) is 25.1 Å². The summed E-state index contributed by atoms with van der Waals surface area (Å²) >= 11 is 12.8. The minimum Gasteiger partial charge on any atom is -0.373 e. The molecule has 5 nitrogen and oxygen atoms in total. The molecule has 0 amide bonds. The Bertz CT molecular complexity index is 949. The maximum absolute atomic E-state index is 6.43. The lowest BCUT2D eigenvalue weighted by molar-refractivity contribution is -0.257. The zero-order valence-corrected chi connectivity index (χ0v) is 17.8. The van der Waals surface area contributed by atoms with Crippen molar-refractivity contribution in [3.8, 4) is 11.3 Å². The van der Waals surface area contributed by atoms with Crippen LogP contribution in [0.25, 0.3) is 11.3 Å². The second-order valence-corrected chi connectivity index (χ2v) is 9.70. The number of hydrogen-bond donors (Lipinski definition) is 0. The quantitative estimate of drug-likeness (QED) is 0.642. The SMILES string of the molecule is Cc1onc(-c2c(Cl)cccc2Cl)c1CO[C@@H]1C[C@H]2CC3CC3(C1)C21OCCO1. The highest BCUT2D eigenvalue weighted by atomic mass is 35.5. The van der Waals surface area contributed by atoms with E-state index in [0.717, 1.165) is 43.3 Å². The summed E-state index contributed by atoms with van der Waals surface area (Å²) in [5, 5.41) is 5.34. The molecule has 2 bridgehead atoms. The van der Waals surface area contributed by atoms with Gasteiger partial charge < -0.3 is 18.7 Å². The van der Waals surface area contributed by atoms with E-state index >= 15 is 0 Å². The van der Waals surface area contributed by atoms with Gasteiger partial charge in [-0.1, -0.05) is 34.4 Å². The van der Waals surface area contributed by atoms with Gasteiger partial charge in [0.1, 0.15) is 11.5 Å². The first-order valence-electron chi connectivity index (χ1n) is 10.3. The van der Waals surface area contributed by atoms with Crippen LogP contribution in [-0.2, 0) is 20.8 Å². The number of nitrogens with zero attached hydrogens (tertiary/aromatic N) is 1. The molecule has 2 unspecified atom stereocenters. The van der Waals surface area contributed by atoms with Gasteiger partial charge in [-0.15, -0.1) is 0 Å². The van der Waals surface area contributed by atoms with E-state index in [-0.39, 0.29) is 17.3 Å². The summed E-state index contributed by atoms with van der Waals surface area (Å²) in [5.74, 6) is 1.56. The molecule has 154 valence electrons. The molecule has 4 fully saturated rings. The maximum Gasteiger partial charge on any atom is 0.177 e. The molecule has 1 aromatic carbocycles. The van der Waals surface area contributed by atoms with Gasteiger partial charge in [-0.05, 0) is 50.7 Å². The number of benzene rings is 1. The van der Waals surface area contributed by atoms with Gasteiger partial charge in [-0.25, -0.2) is 0 Å². The maximum atomic E-state index is 6.43. The first-order valence-corrected chi connectivity index (χ1v) is 11.1. The molecule has 7 heteroatoms. The highest BCUT2D eigenvalue weighted by Crippen LogP contribution is 2.77. The monoisotopic (exact) mass is 435 g/mol. The van der Waals surface area contributed by atoms with E-state index in [9.17, 15) is 0 Å². The molecule has 3 saturated carbocycles. The van der Waals surface area contributed by atoms with Crippen molar-refractivity contribution in [3.05, 3.63) is 39.6 Å². The molecular weight excluding hydrogens is 413 g/mol. The smallest absolute Gasteiger partial charge is 0.177 e. The van der Waals surface area contributed by atoms with Crippen LogP contribution in [0.3, 0.4) is 0 Å². The molecule has 4 atom stereocenters. The molecule has 1 aliphatic heterocycles. The van der Waals surface area contributed by atoms with Crippen LogP contribution in [0.1, 0.15) is 37.0 Å². The number of aromatic nitrogens is 1. The van der Waals surface area contributed by atoms with Crippen molar-refractivity contribution < 1.29 is 18.7 Å². The van der Waals surface area contributed by atoms with Gasteiger partial charge >= 0.3 is 0 Å². The number of aryl methyl sites for hydroxylation is 1. The highest BCUT2D eigenvalue weighted by Gasteiger charge is 2.79. The van der Waals surface area contributed by atoms with Gasteiger partial charge in [0.05, 0.1) is 36.0 Å². The summed E-state index contributed by atoms with van der Waals surface area (Å²) in [7, 11) is 0. The summed E-state index contributed by atoms with van der Waals surface area (Å²) in [6, 6.07) is 5.44. The Morgan fingerprint density at radius 3 is 2.59 bits per heavy atom. The van der Waals surface area contributed by atoms with Crippen LogP contribution in [0.2, 0.25) is 10.0 Å². The van der Waals surface area contributed by atoms with Crippen LogP contribution in [0, 0.1) is 24.2 Å². The summed E-state index contributed by atoms with van der Waals surface area (Å²) < 4.78 is 24.3. The van der Waals surface area contributed by atoms with Crippen molar-refractivity contribution >= 4 is 23.2 Å². The number of ether oxygens (including phenoxy) is 3. The Labute approximate surface area is 179 Å². The van der Waals surface area contributed by atoms with Crippen LogP contribution < -0.4 is 0 Å². The average molecular weight is 436 g/mol. The summed E-state index contributed by atoms with van der Waals surface area (Å²) in [6.07, 6.45) is 4.57. The fraction of sp³-hybridized carbons (Fsp3) is 0.591. The average Bonchev–Trinajstić information content (AvgIpc) is 2.97. The highest BCUT2D eigenvalue weighted by molar-refractivity contribution is 6.39. The van der Waals surface area contributed by atoms with Gasteiger partial charge in [0.15, 0.2) is 5.79 Å². The predicted octanol–water partition coefficient (Wildman–Crippen LogP) is 5.41.